The van der Waals surface area contributed by atoms with Crippen LogP contribution < -0.4 is 4.90 Å². The van der Waals surface area contributed by atoms with Gasteiger partial charge in [0.15, 0.2) is 5.82 Å². The van der Waals surface area contributed by atoms with Crippen LogP contribution in [0.2, 0.25) is 0 Å². The van der Waals surface area contributed by atoms with Crippen LogP contribution >= 0.6 is 11.3 Å². The molecule has 1 aliphatic rings. The summed E-state index contributed by atoms with van der Waals surface area (Å²) in [6.07, 6.45) is 6.87. The van der Waals surface area contributed by atoms with E-state index in [1.807, 2.05) is 11.6 Å². The summed E-state index contributed by atoms with van der Waals surface area (Å²) < 4.78 is 13.6. The zero-order valence-electron chi connectivity index (χ0n) is 9.92. The van der Waals surface area contributed by atoms with Crippen molar-refractivity contribution in [2.24, 2.45) is 5.92 Å². The summed E-state index contributed by atoms with van der Waals surface area (Å²) in [5.74, 6) is 0.344. The predicted octanol–water partition coefficient (Wildman–Crippen LogP) is 2.75. The van der Waals surface area contributed by atoms with E-state index in [0.717, 1.165) is 25.9 Å². The lowest BCUT2D eigenvalue weighted by Crippen LogP contribution is -2.21. The summed E-state index contributed by atoms with van der Waals surface area (Å²) >= 11 is 1.70. The van der Waals surface area contributed by atoms with Gasteiger partial charge in [0.2, 0.25) is 0 Å². The van der Waals surface area contributed by atoms with Gasteiger partial charge in [-0.05, 0) is 18.4 Å². The highest BCUT2D eigenvalue weighted by Gasteiger charge is 2.25. The van der Waals surface area contributed by atoms with E-state index in [-0.39, 0.29) is 5.82 Å². The van der Waals surface area contributed by atoms with Gasteiger partial charge in [0.25, 0.3) is 0 Å². The second-order valence-electron chi connectivity index (χ2n) is 4.56. The molecule has 5 heteroatoms. The first-order valence-corrected chi connectivity index (χ1v) is 6.94. The van der Waals surface area contributed by atoms with Crippen molar-refractivity contribution in [3.8, 4) is 0 Å². The lowest BCUT2D eigenvalue weighted by Gasteiger charge is -2.18. The quantitative estimate of drug-likeness (QED) is 0.852. The number of aromatic nitrogens is 2. The number of thiazole rings is 1. The molecule has 1 atom stereocenters. The molecule has 0 N–H and O–H groups in total. The Hall–Kier alpha value is -1.49. The predicted molar refractivity (Wildman–Crippen MR) is 70.3 cm³/mol. The Balaban J connectivity index is 1.67. The van der Waals surface area contributed by atoms with Crippen LogP contribution in [0.3, 0.4) is 0 Å². The van der Waals surface area contributed by atoms with E-state index in [1.54, 1.807) is 23.6 Å². The van der Waals surface area contributed by atoms with Crippen LogP contribution in [0.4, 0.5) is 10.1 Å². The summed E-state index contributed by atoms with van der Waals surface area (Å²) in [6.45, 7) is 1.82. The van der Waals surface area contributed by atoms with E-state index in [1.165, 1.54) is 11.2 Å². The number of hydrogen-bond donors (Lipinski definition) is 0. The third kappa shape index (κ3) is 2.36. The average molecular weight is 263 g/mol. The van der Waals surface area contributed by atoms with E-state index in [0.29, 0.717) is 11.6 Å². The number of nitrogens with zero attached hydrogens (tertiary/aromatic N) is 3. The molecule has 2 aromatic heterocycles. The highest BCUT2D eigenvalue weighted by atomic mass is 32.1. The van der Waals surface area contributed by atoms with Crippen LogP contribution in [0.5, 0.6) is 0 Å². The molecule has 0 aliphatic carbocycles. The third-order valence-corrected chi connectivity index (χ3v) is 4.13. The minimum atomic E-state index is -0.229. The van der Waals surface area contributed by atoms with Crippen LogP contribution in [0.25, 0.3) is 0 Å². The molecule has 0 radical (unpaired) electrons. The Morgan fingerprint density at radius 2 is 2.39 bits per heavy atom. The summed E-state index contributed by atoms with van der Waals surface area (Å²) in [5.41, 5.74) is 0.673. The van der Waals surface area contributed by atoms with Gasteiger partial charge in [-0.3, -0.25) is 4.98 Å². The Morgan fingerprint density at radius 3 is 3.17 bits per heavy atom. The lowest BCUT2D eigenvalue weighted by molar-refractivity contribution is 0.581. The van der Waals surface area contributed by atoms with Crippen LogP contribution in [0, 0.1) is 11.7 Å². The van der Waals surface area contributed by atoms with Gasteiger partial charge in [-0.1, -0.05) is 0 Å². The summed E-state index contributed by atoms with van der Waals surface area (Å²) in [7, 11) is 0. The fourth-order valence-electron chi connectivity index (χ4n) is 2.44. The van der Waals surface area contributed by atoms with Crippen molar-refractivity contribution in [1.29, 1.82) is 0 Å². The van der Waals surface area contributed by atoms with E-state index >= 15 is 0 Å². The van der Waals surface area contributed by atoms with E-state index in [4.69, 9.17) is 0 Å². The standard InChI is InChI=1S/C13H14FN3S/c14-11-8-15-3-1-12(11)17-5-2-10(9-17)7-13-16-4-6-18-13/h1,3-4,6,8,10H,2,5,7,9H2. The first kappa shape index (κ1) is 11.6. The molecule has 1 aliphatic heterocycles. The zero-order valence-corrected chi connectivity index (χ0v) is 10.7. The zero-order chi connectivity index (χ0) is 12.4. The molecule has 18 heavy (non-hydrogen) atoms. The Bertz CT molecular complexity index is 515. The first-order valence-electron chi connectivity index (χ1n) is 6.06. The molecule has 1 fully saturated rings. The van der Waals surface area contributed by atoms with Gasteiger partial charge >= 0.3 is 0 Å². The van der Waals surface area contributed by atoms with Crippen molar-refractivity contribution in [2.75, 3.05) is 18.0 Å². The lowest BCUT2D eigenvalue weighted by atomic mass is 10.1. The highest BCUT2D eigenvalue weighted by molar-refractivity contribution is 7.09. The van der Waals surface area contributed by atoms with Crippen LogP contribution in [-0.4, -0.2) is 23.1 Å². The minimum Gasteiger partial charge on any atom is -0.369 e. The normalized spacial score (nSPS) is 19.4. The number of halogens is 1. The SMILES string of the molecule is Fc1cnccc1N1CCC(Cc2nccs2)C1. The topological polar surface area (TPSA) is 29.0 Å². The molecule has 0 bridgehead atoms. The number of anilines is 1. The molecule has 0 saturated carbocycles. The van der Waals surface area contributed by atoms with Crippen molar-refractivity contribution in [1.82, 2.24) is 9.97 Å². The van der Waals surface area contributed by atoms with Crippen LogP contribution in [0.1, 0.15) is 11.4 Å². The van der Waals surface area contributed by atoms with Gasteiger partial charge in [-0.15, -0.1) is 11.3 Å². The minimum absolute atomic E-state index is 0.229. The molecule has 3 rings (SSSR count). The molecule has 1 unspecified atom stereocenters. The number of hydrogen-bond acceptors (Lipinski definition) is 4. The molecule has 3 nitrogen and oxygen atoms in total. The van der Waals surface area contributed by atoms with Crippen molar-refractivity contribution in [3.05, 3.63) is 40.9 Å². The largest absolute Gasteiger partial charge is 0.369 e. The summed E-state index contributed by atoms with van der Waals surface area (Å²) in [6, 6.07) is 1.75. The fourth-order valence-corrected chi connectivity index (χ4v) is 3.18. The fraction of sp³-hybridized carbons (Fsp3) is 0.385. The van der Waals surface area contributed by atoms with Gasteiger partial charge < -0.3 is 4.90 Å². The second kappa shape index (κ2) is 5.02. The molecule has 3 heterocycles. The maximum atomic E-state index is 13.6. The third-order valence-electron chi connectivity index (χ3n) is 3.32. The van der Waals surface area contributed by atoms with Gasteiger partial charge in [0, 0.05) is 37.3 Å². The molecule has 94 valence electrons. The second-order valence-corrected chi connectivity index (χ2v) is 5.54. The van der Waals surface area contributed by atoms with Gasteiger partial charge in [0.1, 0.15) is 0 Å². The molecule has 0 amide bonds. The van der Waals surface area contributed by atoms with Crippen molar-refractivity contribution in [2.45, 2.75) is 12.8 Å². The number of pyridine rings is 1. The molecular weight excluding hydrogens is 249 g/mol. The van der Waals surface area contributed by atoms with Crippen molar-refractivity contribution in [3.63, 3.8) is 0 Å². The smallest absolute Gasteiger partial charge is 0.164 e. The monoisotopic (exact) mass is 263 g/mol. The van der Waals surface area contributed by atoms with Gasteiger partial charge in [0.05, 0.1) is 16.9 Å². The number of rotatable bonds is 3. The maximum absolute atomic E-state index is 13.6. The molecular formula is C13H14FN3S. The van der Waals surface area contributed by atoms with E-state index in [9.17, 15) is 4.39 Å². The molecule has 0 spiro atoms. The van der Waals surface area contributed by atoms with Crippen molar-refractivity contribution < 1.29 is 4.39 Å². The van der Waals surface area contributed by atoms with E-state index in [2.05, 4.69) is 14.9 Å². The van der Waals surface area contributed by atoms with Crippen LogP contribution in [-0.2, 0) is 6.42 Å². The Kier molecular flexibility index (Phi) is 3.23. The van der Waals surface area contributed by atoms with Gasteiger partial charge in [-0.25, -0.2) is 9.37 Å². The van der Waals surface area contributed by atoms with Crippen LogP contribution in [0.15, 0.2) is 30.0 Å². The van der Waals surface area contributed by atoms with Gasteiger partial charge in [-0.2, -0.15) is 0 Å². The Labute approximate surface area is 109 Å². The summed E-state index contributed by atoms with van der Waals surface area (Å²) in [4.78, 5) is 10.2. The van der Waals surface area contributed by atoms with Crippen molar-refractivity contribution >= 4 is 17.0 Å². The first-order chi connectivity index (χ1) is 8.83. The molecule has 1 saturated heterocycles. The van der Waals surface area contributed by atoms with E-state index < -0.39 is 0 Å². The summed E-state index contributed by atoms with van der Waals surface area (Å²) in [5, 5.41) is 3.18. The highest BCUT2D eigenvalue weighted by Crippen LogP contribution is 2.27. The maximum Gasteiger partial charge on any atom is 0.164 e. The molecule has 0 aromatic carbocycles. The average Bonchev–Trinajstić information content (AvgIpc) is 3.02. The Morgan fingerprint density at radius 1 is 1.44 bits per heavy atom. The molecule has 2 aromatic rings.